The third-order valence-electron chi connectivity index (χ3n) is 3.82. The molecule has 116 valence electrons. The van der Waals surface area contributed by atoms with E-state index in [2.05, 4.69) is 9.88 Å². The number of nitrogens with two attached hydrogens (primary N) is 1. The van der Waals surface area contributed by atoms with E-state index >= 15 is 0 Å². The lowest BCUT2D eigenvalue weighted by Gasteiger charge is -2.36. The van der Waals surface area contributed by atoms with Gasteiger partial charge in [-0.1, -0.05) is 0 Å². The Hall–Kier alpha value is -1.66. The molecule has 2 heterocycles. The fraction of sp³-hybridized carbons (Fsp3) is 0.600. The van der Waals surface area contributed by atoms with Gasteiger partial charge in [0.15, 0.2) is 0 Å². The lowest BCUT2D eigenvalue weighted by molar-refractivity contribution is 0.0525. The first-order chi connectivity index (χ1) is 10.1. The van der Waals surface area contributed by atoms with Gasteiger partial charge < -0.3 is 20.1 Å². The summed E-state index contributed by atoms with van der Waals surface area (Å²) in [5, 5.41) is 0. The highest BCUT2D eigenvalue weighted by atomic mass is 16.5. The molecule has 2 atom stereocenters. The van der Waals surface area contributed by atoms with Crippen molar-refractivity contribution in [2.45, 2.75) is 32.4 Å². The van der Waals surface area contributed by atoms with Gasteiger partial charge in [0.25, 0.3) is 0 Å². The lowest BCUT2D eigenvalue weighted by atomic mass is 10.0. The second-order valence-corrected chi connectivity index (χ2v) is 5.25. The van der Waals surface area contributed by atoms with Crippen LogP contribution in [0.4, 0.5) is 5.82 Å². The lowest BCUT2D eigenvalue weighted by Crippen LogP contribution is -2.51. The molecular weight excluding hydrogens is 270 g/mol. The second-order valence-electron chi connectivity index (χ2n) is 5.25. The number of nitrogens with zero attached hydrogens (tertiary/aromatic N) is 2. The molecule has 0 radical (unpaired) electrons. The van der Waals surface area contributed by atoms with Crippen LogP contribution in [0.1, 0.15) is 29.3 Å². The molecule has 0 spiro atoms. The summed E-state index contributed by atoms with van der Waals surface area (Å²) in [6.07, 6.45) is 2.52. The molecule has 2 rings (SSSR count). The molecule has 1 saturated heterocycles. The van der Waals surface area contributed by atoms with Gasteiger partial charge in [-0.2, -0.15) is 0 Å². The number of anilines is 1. The van der Waals surface area contributed by atoms with Crippen molar-refractivity contribution in [3.05, 3.63) is 23.4 Å². The van der Waals surface area contributed by atoms with Crippen molar-refractivity contribution < 1.29 is 14.3 Å². The van der Waals surface area contributed by atoms with E-state index in [0.29, 0.717) is 18.7 Å². The first-order valence-electron chi connectivity index (χ1n) is 7.24. The van der Waals surface area contributed by atoms with Gasteiger partial charge in [-0.25, -0.2) is 9.78 Å². The average molecular weight is 293 g/mol. The fourth-order valence-corrected chi connectivity index (χ4v) is 2.51. The molecule has 0 aliphatic carbocycles. The van der Waals surface area contributed by atoms with Gasteiger partial charge in [0.2, 0.25) is 0 Å². The number of methoxy groups -OCH3 is 1. The van der Waals surface area contributed by atoms with E-state index in [4.69, 9.17) is 15.2 Å². The number of carbonyl (C=O) groups is 1. The van der Waals surface area contributed by atoms with Gasteiger partial charge in [0.05, 0.1) is 18.3 Å². The SMILES string of the molecule is CCOC(=O)c1cc(N2CC[C@H](N)[C@H](OC)C2)ncc1C. The van der Waals surface area contributed by atoms with Crippen molar-refractivity contribution in [1.29, 1.82) is 0 Å². The third-order valence-corrected chi connectivity index (χ3v) is 3.82. The normalized spacial score (nSPS) is 22.2. The number of pyridine rings is 1. The Kier molecular flexibility index (Phi) is 5.14. The Morgan fingerprint density at radius 3 is 3.00 bits per heavy atom. The van der Waals surface area contributed by atoms with Gasteiger partial charge in [0, 0.05) is 32.4 Å². The summed E-state index contributed by atoms with van der Waals surface area (Å²) >= 11 is 0. The summed E-state index contributed by atoms with van der Waals surface area (Å²) in [5.41, 5.74) is 7.40. The Morgan fingerprint density at radius 1 is 1.57 bits per heavy atom. The number of hydrogen-bond acceptors (Lipinski definition) is 6. The number of aromatic nitrogens is 1. The van der Waals surface area contributed by atoms with Crippen molar-refractivity contribution in [2.75, 3.05) is 31.7 Å². The number of aryl methyl sites for hydroxylation is 1. The van der Waals surface area contributed by atoms with Crippen LogP contribution in [0.5, 0.6) is 0 Å². The van der Waals surface area contributed by atoms with E-state index in [-0.39, 0.29) is 18.1 Å². The first-order valence-corrected chi connectivity index (χ1v) is 7.24. The predicted molar refractivity (Wildman–Crippen MR) is 80.5 cm³/mol. The molecule has 0 unspecified atom stereocenters. The molecule has 0 amide bonds. The molecule has 1 fully saturated rings. The van der Waals surface area contributed by atoms with Crippen molar-refractivity contribution in [3.63, 3.8) is 0 Å². The van der Waals surface area contributed by atoms with Gasteiger partial charge >= 0.3 is 5.97 Å². The van der Waals surface area contributed by atoms with Gasteiger partial charge in [-0.15, -0.1) is 0 Å². The topological polar surface area (TPSA) is 77.7 Å². The number of hydrogen-bond donors (Lipinski definition) is 1. The largest absolute Gasteiger partial charge is 0.462 e. The molecule has 1 aromatic heterocycles. The van der Waals surface area contributed by atoms with Crippen LogP contribution in [-0.4, -0.2) is 49.9 Å². The van der Waals surface area contributed by atoms with Gasteiger partial charge in [-0.05, 0) is 31.9 Å². The van der Waals surface area contributed by atoms with Crippen LogP contribution >= 0.6 is 0 Å². The van der Waals surface area contributed by atoms with Gasteiger partial charge in [-0.3, -0.25) is 0 Å². The zero-order valence-electron chi connectivity index (χ0n) is 12.8. The zero-order chi connectivity index (χ0) is 15.4. The van der Waals surface area contributed by atoms with Crippen molar-refractivity contribution in [3.8, 4) is 0 Å². The molecular formula is C15H23N3O3. The van der Waals surface area contributed by atoms with E-state index in [0.717, 1.165) is 24.3 Å². The Labute approximate surface area is 125 Å². The van der Waals surface area contributed by atoms with E-state index in [9.17, 15) is 4.79 Å². The predicted octanol–water partition coefficient (Wildman–Crippen LogP) is 1.12. The summed E-state index contributed by atoms with van der Waals surface area (Å²) in [6.45, 7) is 5.49. The molecule has 2 N–H and O–H groups in total. The van der Waals surface area contributed by atoms with Crippen LogP contribution in [0.3, 0.4) is 0 Å². The third kappa shape index (κ3) is 3.51. The summed E-state index contributed by atoms with van der Waals surface area (Å²) in [5.74, 6) is 0.452. The number of esters is 1. The van der Waals surface area contributed by atoms with E-state index in [1.807, 2.05) is 6.92 Å². The molecule has 1 aliphatic rings. The van der Waals surface area contributed by atoms with Crippen molar-refractivity contribution >= 4 is 11.8 Å². The summed E-state index contributed by atoms with van der Waals surface area (Å²) in [4.78, 5) is 18.5. The molecule has 1 aromatic rings. The van der Waals surface area contributed by atoms with E-state index in [1.165, 1.54) is 0 Å². The summed E-state index contributed by atoms with van der Waals surface area (Å²) in [6, 6.07) is 1.83. The number of ether oxygens (including phenoxy) is 2. The summed E-state index contributed by atoms with van der Waals surface area (Å²) in [7, 11) is 1.67. The van der Waals surface area contributed by atoms with Gasteiger partial charge in [0.1, 0.15) is 5.82 Å². The highest BCUT2D eigenvalue weighted by Gasteiger charge is 2.27. The molecule has 0 saturated carbocycles. The maximum Gasteiger partial charge on any atom is 0.338 e. The van der Waals surface area contributed by atoms with Crippen LogP contribution in [0.2, 0.25) is 0 Å². The smallest absolute Gasteiger partial charge is 0.338 e. The maximum atomic E-state index is 12.0. The quantitative estimate of drug-likeness (QED) is 0.838. The van der Waals surface area contributed by atoms with Crippen LogP contribution < -0.4 is 10.6 Å². The van der Waals surface area contributed by atoms with E-state index in [1.54, 1.807) is 26.3 Å². The molecule has 6 nitrogen and oxygen atoms in total. The minimum absolute atomic E-state index is 0.0205. The van der Waals surface area contributed by atoms with Crippen LogP contribution in [0.15, 0.2) is 12.3 Å². The zero-order valence-corrected chi connectivity index (χ0v) is 12.8. The molecule has 6 heteroatoms. The first kappa shape index (κ1) is 15.7. The minimum Gasteiger partial charge on any atom is -0.462 e. The maximum absolute atomic E-state index is 12.0. The molecule has 1 aliphatic heterocycles. The van der Waals surface area contributed by atoms with Crippen LogP contribution in [-0.2, 0) is 9.47 Å². The Bertz CT molecular complexity index is 507. The minimum atomic E-state index is -0.310. The fourth-order valence-electron chi connectivity index (χ4n) is 2.51. The molecule has 0 aromatic carbocycles. The number of carbonyl (C=O) groups excluding carboxylic acids is 1. The average Bonchev–Trinajstić information content (AvgIpc) is 2.48. The number of piperidine rings is 1. The van der Waals surface area contributed by atoms with Crippen LogP contribution in [0, 0.1) is 6.92 Å². The monoisotopic (exact) mass is 293 g/mol. The van der Waals surface area contributed by atoms with E-state index < -0.39 is 0 Å². The standard InChI is InChI=1S/C15H23N3O3/c1-4-21-15(19)11-7-14(17-8-10(11)2)18-6-5-12(16)13(9-18)20-3/h7-8,12-13H,4-6,9,16H2,1-3H3/t12-,13+/m0/s1. The van der Waals surface area contributed by atoms with Crippen LogP contribution in [0.25, 0.3) is 0 Å². The Balaban J connectivity index is 2.20. The second kappa shape index (κ2) is 6.87. The molecule has 0 bridgehead atoms. The molecule has 21 heavy (non-hydrogen) atoms. The van der Waals surface area contributed by atoms with Crippen molar-refractivity contribution in [1.82, 2.24) is 4.98 Å². The highest BCUT2D eigenvalue weighted by Crippen LogP contribution is 2.21. The Morgan fingerprint density at radius 2 is 2.33 bits per heavy atom. The highest BCUT2D eigenvalue weighted by molar-refractivity contribution is 5.91. The summed E-state index contributed by atoms with van der Waals surface area (Å²) < 4.78 is 10.5. The van der Waals surface area contributed by atoms with Crippen molar-refractivity contribution in [2.24, 2.45) is 5.73 Å². The number of rotatable bonds is 4.